The van der Waals surface area contributed by atoms with Crippen molar-refractivity contribution in [2.45, 2.75) is 6.54 Å². The van der Waals surface area contributed by atoms with Gasteiger partial charge in [0.15, 0.2) is 11.5 Å². The molecule has 3 heterocycles. The number of carbonyl (C=O) groups is 1. The molecule has 0 spiro atoms. The molecule has 0 fully saturated rings. The van der Waals surface area contributed by atoms with E-state index in [1.54, 1.807) is 30.7 Å². The molecule has 0 unspecified atom stereocenters. The molecular formula is C18H14N4O2. The van der Waals surface area contributed by atoms with E-state index in [2.05, 4.69) is 15.5 Å². The lowest BCUT2D eigenvalue weighted by molar-refractivity contribution is 0.0948. The van der Waals surface area contributed by atoms with Crippen molar-refractivity contribution < 1.29 is 9.21 Å². The second-order valence-corrected chi connectivity index (χ2v) is 5.30. The van der Waals surface area contributed by atoms with Gasteiger partial charge in [-0.3, -0.25) is 9.20 Å². The average Bonchev–Trinajstić information content (AvgIpc) is 3.29. The largest absolute Gasteiger partial charge is 0.467 e. The van der Waals surface area contributed by atoms with E-state index in [0.717, 1.165) is 11.4 Å². The van der Waals surface area contributed by atoms with Gasteiger partial charge in [0.25, 0.3) is 5.91 Å². The molecule has 1 N–H and O–H groups in total. The second kappa shape index (κ2) is 6.00. The topological polar surface area (TPSA) is 72.4 Å². The van der Waals surface area contributed by atoms with E-state index in [0.29, 0.717) is 23.5 Å². The van der Waals surface area contributed by atoms with Crippen LogP contribution in [0.25, 0.3) is 17.0 Å². The molecule has 1 aromatic carbocycles. The molecule has 24 heavy (non-hydrogen) atoms. The summed E-state index contributed by atoms with van der Waals surface area (Å²) in [6, 6.07) is 16.9. The number of amides is 1. The van der Waals surface area contributed by atoms with Crippen molar-refractivity contribution in [2.24, 2.45) is 0 Å². The van der Waals surface area contributed by atoms with Crippen LogP contribution in [0, 0.1) is 0 Å². The number of furan rings is 1. The molecule has 6 nitrogen and oxygen atoms in total. The number of nitrogens with one attached hydrogen (secondary N) is 1. The highest BCUT2D eigenvalue weighted by Gasteiger charge is 2.11. The van der Waals surface area contributed by atoms with Crippen molar-refractivity contribution in [1.29, 1.82) is 0 Å². The lowest BCUT2D eigenvalue weighted by Crippen LogP contribution is -2.22. The van der Waals surface area contributed by atoms with Crippen LogP contribution in [-0.2, 0) is 6.54 Å². The summed E-state index contributed by atoms with van der Waals surface area (Å²) in [5.74, 6) is 1.27. The van der Waals surface area contributed by atoms with Crippen LogP contribution in [-0.4, -0.2) is 20.5 Å². The van der Waals surface area contributed by atoms with E-state index >= 15 is 0 Å². The smallest absolute Gasteiger partial charge is 0.251 e. The maximum atomic E-state index is 12.3. The van der Waals surface area contributed by atoms with E-state index in [4.69, 9.17) is 4.42 Å². The monoisotopic (exact) mass is 318 g/mol. The van der Waals surface area contributed by atoms with Crippen molar-refractivity contribution >= 4 is 11.6 Å². The maximum absolute atomic E-state index is 12.3. The van der Waals surface area contributed by atoms with Crippen molar-refractivity contribution in [3.63, 3.8) is 0 Å². The zero-order valence-electron chi connectivity index (χ0n) is 12.7. The summed E-state index contributed by atoms with van der Waals surface area (Å²) >= 11 is 0. The number of carbonyl (C=O) groups excluding carboxylic acids is 1. The summed E-state index contributed by atoms with van der Waals surface area (Å²) in [5.41, 5.74) is 2.13. The minimum absolute atomic E-state index is 0.182. The highest BCUT2D eigenvalue weighted by atomic mass is 16.3. The van der Waals surface area contributed by atoms with Gasteiger partial charge < -0.3 is 9.73 Å². The molecule has 3 aromatic heterocycles. The van der Waals surface area contributed by atoms with Crippen molar-refractivity contribution in [3.8, 4) is 11.4 Å². The Morgan fingerprint density at radius 1 is 1.08 bits per heavy atom. The Morgan fingerprint density at radius 2 is 1.96 bits per heavy atom. The Morgan fingerprint density at radius 3 is 2.75 bits per heavy atom. The molecule has 0 aliphatic carbocycles. The number of hydrogen-bond acceptors (Lipinski definition) is 4. The zero-order valence-corrected chi connectivity index (χ0v) is 12.7. The minimum Gasteiger partial charge on any atom is -0.467 e. The van der Waals surface area contributed by atoms with Gasteiger partial charge in [0.1, 0.15) is 5.76 Å². The number of nitrogens with zero attached hydrogens (tertiary/aromatic N) is 3. The molecule has 0 radical (unpaired) electrons. The first-order valence-corrected chi connectivity index (χ1v) is 7.52. The fourth-order valence-electron chi connectivity index (χ4n) is 2.50. The Kier molecular flexibility index (Phi) is 3.55. The molecule has 4 aromatic rings. The number of hydrogen-bond donors (Lipinski definition) is 1. The third-order valence-corrected chi connectivity index (χ3v) is 3.71. The lowest BCUT2D eigenvalue weighted by atomic mass is 10.2. The summed E-state index contributed by atoms with van der Waals surface area (Å²) in [5, 5.41) is 11.2. The average molecular weight is 318 g/mol. The van der Waals surface area contributed by atoms with Crippen LogP contribution in [0.15, 0.2) is 71.5 Å². The number of aromatic nitrogens is 3. The van der Waals surface area contributed by atoms with Gasteiger partial charge in [-0.2, -0.15) is 0 Å². The molecular weight excluding hydrogens is 304 g/mol. The number of benzene rings is 1. The SMILES string of the molecule is O=C(NCc1ccco1)c1ccn2c(-c3ccccc3)nnc2c1. The van der Waals surface area contributed by atoms with Gasteiger partial charge in [-0.15, -0.1) is 10.2 Å². The van der Waals surface area contributed by atoms with Crippen LogP contribution in [0.2, 0.25) is 0 Å². The highest BCUT2D eigenvalue weighted by molar-refractivity contribution is 5.95. The summed E-state index contributed by atoms with van der Waals surface area (Å²) in [6.07, 6.45) is 3.38. The molecule has 0 saturated carbocycles. The Bertz CT molecular complexity index is 975. The lowest BCUT2D eigenvalue weighted by Gasteiger charge is -2.04. The second-order valence-electron chi connectivity index (χ2n) is 5.30. The molecule has 118 valence electrons. The standard InChI is InChI=1S/C18H14N4O2/c23-18(19-12-15-7-4-10-24-15)14-8-9-22-16(11-14)20-21-17(22)13-5-2-1-3-6-13/h1-11H,12H2,(H,19,23). The van der Waals surface area contributed by atoms with Crippen molar-refractivity contribution in [2.75, 3.05) is 0 Å². The van der Waals surface area contributed by atoms with Gasteiger partial charge in [-0.05, 0) is 24.3 Å². The first kappa shape index (κ1) is 14.2. The molecule has 6 heteroatoms. The van der Waals surface area contributed by atoms with E-state index < -0.39 is 0 Å². The number of rotatable bonds is 4. The van der Waals surface area contributed by atoms with Gasteiger partial charge in [0.2, 0.25) is 0 Å². The number of fused-ring (bicyclic) bond motifs is 1. The van der Waals surface area contributed by atoms with Crippen molar-refractivity contribution in [3.05, 3.63) is 78.4 Å². The van der Waals surface area contributed by atoms with Crippen LogP contribution < -0.4 is 5.32 Å². The van der Waals surface area contributed by atoms with Crippen LogP contribution in [0.3, 0.4) is 0 Å². The van der Waals surface area contributed by atoms with E-state index in [1.807, 2.05) is 40.8 Å². The third-order valence-electron chi connectivity index (χ3n) is 3.71. The first-order valence-electron chi connectivity index (χ1n) is 7.52. The molecule has 1 amide bonds. The van der Waals surface area contributed by atoms with Gasteiger partial charge in [0, 0.05) is 17.3 Å². The van der Waals surface area contributed by atoms with Gasteiger partial charge in [-0.1, -0.05) is 30.3 Å². The summed E-state index contributed by atoms with van der Waals surface area (Å²) in [6.45, 7) is 0.346. The van der Waals surface area contributed by atoms with Crippen LogP contribution in [0.1, 0.15) is 16.1 Å². The molecule has 0 saturated heterocycles. The highest BCUT2D eigenvalue weighted by Crippen LogP contribution is 2.18. The predicted molar refractivity (Wildman–Crippen MR) is 88.3 cm³/mol. The fourth-order valence-corrected chi connectivity index (χ4v) is 2.50. The molecule has 0 aliphatic rings. The van der Waals surface area contributed by atoms with Gasteiger partial charge in [0.05, 0.1) is 12.8 Å². The minimum atomic E-state index is -0.182. The van der Waals surface area contributed by atoms with E-state index in [-0.39, 0.29) is 5.91 Å². The Labute approximate surface area is 137 Å². The quantitative estimate of drug-likeness (QED) is 0.628. The summed E-state index contributed by atoms with van der Waals surface area (Å²) in [7, 11) is 0. The molecule has 0 bridgehead atoms. The van der Waals surface area contributed by atoms with Crippen LogP contribution >= 0.6 is 0 Å². The van der Waals surface area contributed by atoms with Gasteiger partial charge in [-0.25, -0.2) is 0 Å². The van der Waals surface area contributed by atoms with Crippen LogP contribution in [0.4, 0.5) is 0 Å². The zero-order chi connectivity index (χ0) is 16.4. The van der Waals surface area contributed by atoms with Crippen LogP contribution in [0.5, 0.6) is 0 Å². The third kappa shape index (κ3) is 2.65. The number of pyridine rings is 1. The maximum Gasteiger partial charge on any atom is 0.251 e. The Balaban J connectivity index is 1.59. The van der Waals surface area contributed by atoms with Gasteiger partial charge >= 0.3 is 0 Å². The summed E-state index contributed by atoms with van der Waals surface area (Å²) in [4.78, 5) is 12.3. The Hall–Kier alpha value is -3.41. The molecule has 0 aliphatic heterocycles. The molecule has 4 rings (SSSR count). The van der Waals surface area contributed by atoms with E-state index in [1.165, 1.54) is 0 Å². The first-order chi connectivity index (χ1) is 11.8. The summed E-state index contributed by atoms with van der Waals surface area (Å²) < 4.78 is 7.06. The van der Waals surface area contributed by atoms with Crippen molar-refractivity contribution in [1.82, 2.24) is 19.9 Å². The molecule has 0 atom stereocenters. The normalized spacial score (nSPS) is 10.8. The van der Waals surface area contributed by atoms with E-state index in [9.17, 15) is 4.79 Å². The predicted octanol–water partition coefficient (Wildman–Crippen LogP) is 2.92. The fraction of sp³-hybridized carbons (Fsp3) is 0.0556.